The molecule has 1 aromatic heterocycles. The van der Waals surface area contributed by atoms with Gasteiger partial charge in [-0.3, -0.25) is 14.9 Å². The molecule has 0 spiro atoms. The Labute approximate surface area is 143 Å². The molecule has 3 N–H and O–H groups in total. The topological polar surface area (TPSA) is 85.1 Å². The van der Waals surface area contributed by atoms with Gasteiger partial charge in [-0.05, 0) is 12.1 Å². The molecule has 0 saturated heterocycles. The molecule has 2 amide bonds. The Balaban J connectivity index is 2.06. The molecule has 2 rings (SSSR count). The number of aromatic nitrogens is 1. The van der Waals surface area contributed by atoms with Crippen molar-refractivity contribution >= 4 is 40.0 Å². The van der Waals surface area contributed by atoms with E-state index in [0.29, 0.717) is 11.4 Å². The first-order chi connectivity index (χ1) is 11.3. The van der Waals surface area contributed by atoms with Gasteiger partial charge < -0.3 is 5.73 Å². The zero-order chi connectivity index (χ0) is 17.7. The second-order valence-corrected chi connectivity index (χ2v) is 6.44. The number of anilines is 1. The molecular weight excluding hydrogens is 363 g/mol. The van der Waals surface area contributed by atoms with E-state index in [1.165, 1.54) is 23.9 Å². The Morgan fingerprint density at radius 2 is 2.00 bits per heavy atom. The summed E-state index contributed by atoms with van der Waals surface area (Å²) in [4.78, 5) is 26.8. The summed E-state index contributed by atoms with van der Waals surface area (Å²) in [5, 5.41) is 4.20. The van der Waals surface area contributed by atoms with Crippen molar-refractivity contribution in [3.05, 3.63) is 46.5 Å². The number of alkyl halides is 3. The minimum atomic E-state index is -4.62. The maximum Gasteiger partial charge on any atom is 0.417 e. The molecule has 0 atom stereocenters. The van der Waals surface area contributed by atoms with Crippen LogP contribution in [0.3, 0.4) is 0 Å². The maximum atomic E-state index is 12.9. The normalized spacial score (nSPS) is 11.3. The lowest BCUT2D eigenvalue weighted by Gasteiger charge is -2.11. The Kier molecular flexibility index (Phi) is 5.84. The predicted octanol–water partition coefficient (Wildman–Crippen LogP) is 3.13. The molecule has 0 aliphatic rings. The molecule has 128 valence electrons. The van der Waals surface area contributed by atoms with Crippen molar-refractivity contribution < 1.29 is 22.8 Å². The van der Waals surface area contributed by atoms with E-state index in [0.717, 1.165) is 23.5 Å². The first-order valence-corrected chi connectivity index (χ1v) is 8.59. The third-order valence-corrected chi connectivity index (χ3v) is 4.54. The zero-order valence-corrected chi connectivity index (χ0v) is 13.7. The van der Waals surface area contributed by atoms with E-state index in [-0.39, 0.29) is 10.9 Å². The van der Waals surface area contributed by atoms with Gasteiger partial charge in [0.1, 0.15) is 0 Å². The largest absolute Gasteiger partial charge is 0.417 e. The van der Waals surface area contributed by atoms with E-state index < -0.39 is 29.1 Å². The smallest absolute Gasteiger partial charge is 0.369 e. The van der Waals surface area contributed by atoms with Crippen molar-refractivity contribution in [1.82, 2.24) is 4.98 Å². The van der Waals surface area contributed by atoms with Gasteiger partial charge >= 0.3 is 6.18 Å². The average Bonchev–Trinajstić information content (AvgIpc) is 2.93. The van der Waals surface area contributed by atoms with Gasteiger partial charge in [0.05, 0.1) is 22.6 Å². The second kappa shape index (κ2) is 7.67. The summed E-state index contributed by atoms with van der Waals surface area (Å²) in [5.74, 6) is -0.784. The predicted molar refractivity (Wildman–Crippen MR) is 86.9 cm³/mol. The highest BCUT2D eigenvalue weighted by molar-refractivity contribution is 7.99. The van der Waals surface area contributed by atoms with Gasteiger partial charge in [-0.2, -0.15) is 13.2 Å². The highest BCUT2D eigenvalue weighted by Gasteiger charge is 2.34. The number of nitrogens with one attached hydrogen (secondary N) is 1. The Bertz CT molecular complexity index is 747. The van der Waals surface area contributed by atoms with Gasteiger partial charge in [0.2, 0.25) is 5.91 Å². The van der Waals surface area contributed by atoms with Crippen LogP contribution in [-0.4, -0.2) is 22.6 Å². The standard InChI is InChI=1S/C14H12F3N3O2S2/c15-14(16,17)10-4-2-1-3-9(10)12(22)20-13-19-8(6-24-13)5-23-7-11(18)21/h1-4,6H,5,7H2,(H2,18,21)(H,19,20,22). The van der Waals surface area contributed by atoms with Gasteiger partial charge in [-0.25, -0.2) is 4.98 Å². The summed E-state index contributed by atoms with van der Waals surface area (Å²) in [6.45, 7) is 0. The summed E-state index contributed by atoms with van der Waals surface area (Å²) in [6, 6.07) is 4.53. The number of primary amides is 1. The van der Waals surface area contributed by atoms with Crippen LogP contribution in [0.15, 0.2) is 29.6 Å². The Morgan fingerprint density at radius 3 is 2.67 bits per heavy atom. The zero-order valence-electron chi connectivity index (χ0n) is 12.1. The first-order valence-electron chi connectivity index (χ1n) is 6.55. The van der Waals surface area contributed by atoms with Gasteiger partial charge in [0.25, 0.3) is 5.91 Å². The molecule has 0 aliphatic carbocycles. The highest BCUT2D eigenvalue weighted by Crippen LogP contribution is 2.32. The number of rotatable bonds is 6. The molecule has 2 aromatic rings. The second-order valence-electron chi connectivity index (χ2n) is 4.60. The SMILES string of the molecule is NC(=O)CSCc1csc(NC(=O)c2ccccc2C(F)(F)F)n1. The third-order valence-electron chi connectivity index (χ3n) is 2.74. The first kappa shape index (κ1) is 18.3. The van der Waals surface area contributed by atoms with E-state index in [4.69, 9.17) is 5.73 Å². The van der Waals surface area contributed by atoms with Crippen LogP contribution in [-0.2, 0) is 16.7 Å². The van der Waals surface area contributed by atoms with Crippen molar-refractivity contribution in [3.8, 4) is 0 Å². The highest BCUT2D eigenvalue weighted by atomic mass is 32.2. The monoisotopic (exact) mass is 375 g/mol. The van der Waals surface area contributed by atoms with E-state index in [1.54, 1.807) is 5.38 Å². The molecule has 0 unspecified atom stereocenters. The number of carbonyl (C=O) groups excluding carboxylic acids is 2. The summed E-state index contributed by atoms with van der Waals surface area (Å²) in [6.07, 6.45) is -4.62. The molecule has 0 bridgehead atoms. The molecule has 1 heterocycles. The molecule has 0 saturated carbocycles. The minimum Gasteiger partial charge on any atom is -0.369 e. The van der Waals surface area contributed by atoms with E-state index in [9.17, 15) is 22.8 Å². The number of hydrogen-bond donors (Lipinski definition) is 2. The minimum absolute atomic E-state index is 0.137. The number of hydrogen-bond acceptors (Lipinski definition) is 5. The number of thiazole rings is 1. The number of amides is 2. The van der Waals surface area contributed by atoms with Crippen LogP contribution in [0.1, 0.15) is 21.6 Å². The van der Waals surface area contributed by atoms with Crippen LogP contribution in [0, 0.1) is 0 Å². The lowest BCUT2D eigenvalue weighted by molar-refractivity contribution is -0.137. The van der Waals surface area contributed by atoms with Crippen LogP contribution < -0.4 is 11.1 Å². The van der Waals surface area contributed by atoms with Gasteiger partial charge in [0, 0.05) is 11.1 Å². The summed E-state index contributed by atoms with van der Waals surface area (Å²) in [5.41, 5.74) is 4.15. The third kappa shape index (κ3) is 4.96. The van der Waals surface area contributed by atoms with Gasteiger partial charge in [0.15, 0.2) is 5.13 Å². The van der Waals surface area contributed by atoms with Crippen molar-refractivity contribution in [3.63, 3.8) is 0 Å². The summed E-state index contributed by atoms with van der Waals surface area (Å²) < 4.78 is 38.8. The Hall–Kier alpha value is -2.07. The summed E-state index contributed by atoms with van der Waals surface area (Å²) >= 11 is 2.35. The maximum absolute atomic E-state index is 12.9. The van der Waals surface area contributed by atoms with Crippen LogP contribution in [0.25, 0.3) is 0 Å². The number of halogens is 3. The van der Waals surface area contributed by atoms with Crippen molar-refractivity contribution in [2.45, 2.75) is 11.9 Å². The number of nitrogens with two attached hydrogens (primary N) is 1. The van der Waals surface area contributed by atoms with E-state index in [2.05, 4.69) is 10.3 Å². The molecule has 10 heteroatoms. The van der Waals surface area contributed by atoms with Crippen LogP contribution >= 0.6 is 23.1 Å². The molecule has 0 radical (unpaired) electrons. The van der Waals surface area contributed by atoms with E-state index in [1.807, 2.05) is 0 Å². The quantitative estimate of drug-likeness (QED) is 0.812. The molecule has 1 aromatic carbocycles. The van der Waals surface area contributed by atoms with Crippen LogP contribution in [0.5, 0.6) is 0 Å². The van der Waals surface area contributed by atoms with E-state index >= 15 is 0 Å². The lowest BCUT2D eigenvalue weighted by Crippen LogP contribution is -2.18. The van der Waals surface area contributed by atoms with Gasteiger partial charge in [-0.15, -0.1) is 23.1 Å². The molecule has 5 nitrogen and oxygen atoms in total. The van der Waals surface area contributed by atoms with Crippen LogP contribution in [0.4, 0.5) is 18.3 Å². The van der Waals surface area contributed by atoms with Crippen LogP contribution in [0.2, 0.25) is 0 Å². The number of benzene rings is 1. The molecule has 24 heavy (non-hydrogen) atoms. The fourth-order valence-electron chi connectivity index (χ4n) is 1.78. The average molecular weight is 375 g/mol. The molecular formula is C14H12F3N3O2S2. The van der Waals surface area contributed by atoms with Crippen molar-refractivity contribution in [1.29, 1.82) is 0 Å². The lowest BCUT2D eigenvalue weighted by atomic mass is 10.1. The number of nitrogens with zero attached hydrogens (tertiary/aromatic N) is 1. The molecule has 0 aliphatic heterocycles. The number of carbonyl (C=O) groups is 2. The van der Waals surface area contributed by atoms with Crippen molar-refractivity contribution in [2.75, 3.05) is 11.1 Å². The molecule has 0 fully saturated rings. The van der Waals surface area contributed by atoms with Crippen molar-refractivity contribution in [2.24, 2.45) is 5.73 Å². The fourth-order valence-corrected chi connectivity index (χ4v) is 3.25. The summed E-state index contributed by atoms with van der Waals surface area (Å²) in [7, 11) is 0. The Morgan fingerprint density at radius 1 is 1.29 bits per heavy atom. The number of thioether (sulfide) groups is 1. The fraction of sp³-hybridized carbons (Fsp3) is 0.214. The van der Waals surface area contributed by atoms with Gasteiger partial charge in [-0.1, -0.05) is 12.1 Å².